The fourth-order valence-electron chi connectivity index (χ4n) is 2.86. The summed E-state index contributed by atoms with van der Waals surface area (Å²) < 4.78 is 0.825. The van der Waals surface area contributed by atoms with Gasteiger partial charge in [-0.25, -0.2) is 0 Å². The van der Waals surface area contributed by atoms with Gasteiger partial charge >= 0.3 is 0 Å². The van der Waals surface area contributed by atoms with Crippen LogP contribution in [0.25, 0.3) is 0 Å². The van der Waals surface area contributed by atoms with Crippen molar-refractivity contribution in [3.05, 3.63) is 48.0 Å². The molecule has 0 bridgehead atoms. The van der Waals surface area contributed by atoms with Crippen molar-refractivity contribution in [2.45, 2.75) is 30.6 Å². The van der Waals surface area contributed by atoms with Gasteiger partial charge in [0.1, 0.15) is 0 Å². The third-order valence-corrected chi connectivity index (χ3v) is 6.42. The summed E-state index contributed by atoms with van der Waals surface area (Å²) in [6.07, 6.45) is 4.36. The van der Waals surface area contributed by atoms with Crippen molar-refractivity contribution in [2.24, 2.45) is 5.92 Å². The number of benzene rings is 1. The summed E-state index contributed by atoms with van der Waals surface area (Å²) >= 11 is 2.93. The van der Waals surface area contributed by atoms with Gasteiger partial charge in [0.2, 0.25) is 5.13 Å². The standard InChI is InChI=1S/C19H24N4OS2/c1-3-12-25-19-22-21-18(26-19)20-17(24)16-6-4-15(5-7-16)13-23-10-8-14(2)9-11-23/h3-7,14H,1,8-13H2,2H3,(H,20,21,24). The molecule has 0 aliphatic carbocycles. The molecule has 5 nitrogen and oxygen atoms in total. The number of amides is 1. The second-order valence-electron chi connectivity index (χ2n) is 6.58. The van der Waals surface area contributed by atoms with Crippen LogP contribution < -0.4 is 5.32 Å². The molecule has 138 valence electrons. The first-order valence-corrected chi connectivity index (χ1v) is 10.6. The molecule has 1 fully saturated rings. The quantitative estimate of drug-likeness (QED) is 0.435. The molecule has 2 heterocycles. The Morgan fingerprint density at radius 1 is 1.35 bits per heavy atom. The molecule has 0 unspecified atom stereocenters. The molecule has 0 atom stereocenters. The van der Waals surface area contributed by atoms with Crippen LogP contribution >= 0.6 is 23.1 Å². The number of thioether (sulfide) groups is 1. The minimum Gasteiger partial charge on any atom is -0.299 e. The number of anilines is 1. The Bertz CT molecular complexity index is 736. The monoisotopic (exact) mass is 388 g/mol. The second-order valence-corrected chi connectivity index (χ2v) is 8.83. The Hall–Kier alpha value is -1.70. The Kier molecular flexibility index (Phi) is 6.82. The van der Waals surface area contributed by atoms with Crippen molar-refractivity contribution in [1.29, 1.82) is 0 Å². The van der Waals surface area contributed by atoms with Gasteiger partial charge in [0.15, 0.2) is 4.34 Å². The molecule has 0 spiro atoms. The van der Waals surface area contributed by atoms with Crippen LogP contribution in [0.4, 0.5) is 5.13 Å². The first-order chi connectivity index (χ1) is 12.6. The van der Waals surface area contributed by atoms with Crippen molar-refractivity contribution in [2.75, 3.05) is 24.2 Å². The van der Waals surface area contributed by atoms with Crippen molar-refractivity contribution < 1.29 is 4.79 Å². The third kappa shape index (κ3) is 5.40. The maximum atomic E-state index is 12.4. The highest BCUT2D eigenvalue weighted by molar-refractivity contribution is 8.01. The van der Waals surface area contributed by atoms with E-state index in [1.54, 1.807) is 11.8 Å². The fraction of sp³-hybridized carbons (Fsp3) is 0.421. The SMILES string of the molecule is C=CCSc1nnc(NC(=O)c2ccc(CN3CCC(C)CC3)cc2)s1. The third-order valence-electron chi connectivity index (χ3n) is 4.45. The van der Waals surface area contributed by atoms with Crippen LogP contribution in [0.2, 0.25) is 0 Å². The van der Waals surface area contributed by atoms with E-state index in [-0.39, 0.29) is 5.91 Å². The zero-order valence-corrected chi connectivity index (χ0v) is 16.6. The summed E-state index contributed by atoms with van der Waals surface area (Å²) in [4.78, 5) is 14.9. The maximum absolute atomic E-state index is 12.4. The molecule has 1 aliphatic heterocycles. The molecular weight excluding hydrogens is 364 g/mol. The van der Waals surface area contributed by atoms with E-state index in [4.69, 9.17) is 0 Å². The Labute approximate surface area is 162 Å². The lowest BCUT2D eigenvalue weighted by molar-refractivity contribution is 0.102. The molecule has 7 heteroatoms. The van der Waals surface area contributed by atoms with E-state index in [1.807, 2.05) is 30.3 Å². The number of nitrogens with zero attached hydrogens (tertiary/aromatic N) is 3. The molecular formula is C19H24N4OS2. The summed E-state index contributed by atoms with van der Waals surface area (Å²) in [5, 5.41) is 11.4. The van der Waals surface area contributed by atoms with Gasteiger partial charge in [0.25, 0.3) is 5.91 Å². The highest BCUT2D eigenvalue weighted by Crippen LogP contribution is 2.25. The summed E-state index contributed by atoms with van der Waals surface area (Å²) in [5.74, 6) is 1.47. The average molecular weight is 389 g/mol. The van der Waals surface area contributed by atoms with Gasteiger partial charge in [-0.3, -0.25) is 15.0 Å². The number of aromatic nitrogens is 2. The van der Waals surface area contributed by atoms with Crippen LogP contribution in [-0.4, -0.2) is 39.8 Å². The number of piperidine rings is 1. The predicted molar refractivity (Wildman–Crippen MR) is 109 cm³/mol. The number of hydrogen-bond acceptors (Lipinski definition) is 6. The number of carbonyl (C=O) groups excluding carboxylic acids is 1. The van der Waals surface area contributed by atoms with Gasteiger partial charge in [-0.2, -0.15) is 0 Å². The number of hydrogen-bond donors (Lipinski definition) is 1. The molecule has 2 aromatic rings. The zero-order chi connectivity index (χ0) is 18.4. The van der Waals surface area contributed by atoms with Gasteiger partial charge in [-0.05, 0) is 49.5 Å². The molecule has 1 saturated heterocycles. The van der Waals surface area contributed by atoms with Crippen molar-refractivity contribution in [3.63, 3.8) is 0 Å². The normalized spacial score (nSPS) is 15.7. The van der Waals surface area contributed by atoms with Crippen molar-refractivity contribution in [3.8, 4) is 0 Å². The average Bonchev–Trinajstić information content (AvgIpc) is 3.10. The first-order valence-electron chi connectivity index (χ1n) is 8.84. The van der Waals surface area contributed by atoms with Gasteiger partial charge in [0.05, 0.1) is 0 Å². The van der Waals surface area contributed by atoms with Crippen molar-refractivity contribution in [1.82, 2.24) is 15.1 Å². The smallest absolute Gasteiger partial charge is 0.257 e. The highest BCUT2D eigenvalue weighted by Gasteiger charge is 2.16. The molecule has 26 heavy (non-hydrogen) atoms. The van der Waals surface area contributed by atoms with Crippen LogP contribution in [0.5, 0.6) is 0 Å². The summed E-state index contributed by atoms with van der Waals surface area (Å²) in [7, 11) is 0. The van der Waals surface area contributed by atoms with Crippen LogP contribution in [-0.2, 0) is 6.54 Å². The molecule has 1 amide bonds. The van der Waals surface area contributed by atoms with Crippen LogP contribution in [0, 0.1) is 5.92 Å². The lowest BCUT2D eigenvalue weighted by atomic mass is 9.99. The van der Waals surface area contributed by atoms with E-state index in [0.29, 0.717) is 10.7 Å². The predicted octanol–water partition coefficient (Wildman–Crippen LogP) is 4.30. The van der Waals surface area contributed by atoms with Gasteiger partial charge in [-0.1, -0.05) is 48.2 Å². The van der Waals surface area contributed by atoms with Crippen LogP contribution in [0.3, 0.4) is 0 Å². The number of nitrogens with one attached hydrogen (secondary N) is 1. The minimum absolute atomic E-state index is 0.153. The maximum Gasteiger partial charge on any atom is 0.257 e. The summed E-state index contributed by atoms with van der Waals surface area (Å²) in [5.41, 5.74) is 1.88. The molecule has 1 aromatic heterocycles. The van der Waals surface area contributed by atoms with E-state index in [0.717, 1.165) is 35.6 Å². The molecule has 1 N–H and O–H groups in total. The number of rotatable bonds is 7. The number of carbonyl (C=O) groups is 1. The van der Waals surface area contributed by atoms with E-state index in [9.17, 15) is 4.79 Å². The van der Waals surface area contributed by atoms with Gasteiger partial charge in [-0.15, -0.1) is 16.8 Å². The van der Waals surface area contributed by atoms with E-state index in [1.165, 1.54) is 29.7 Å². The topological polar surface area (TPSA) is 58.1 Å². The van der Waals surface area contributed by atoms with E-state index < -0.39 is 0 Å². The lowest BCUT2D eigenvalue weighted by Gasteiger charge is -2.30. The van der Waals surface area contributed by atoms with Crippen molar-refractivity contribution >= 4 is 34.1 Å². The lowest BCUT2D eigenvalue weighted by Crippen LogP contribution is -2.32. The minimum atomic E-state index is -0.153. The molecule has 1 aromatic carbocycles. The van der Waals surface area contributed by atoms with Gasteiger partial charge < -0.3 is 0 Å². The number of likely N-dealkylation sites (tertiary alicyclic amines) is 1. The van der Waals surface area contributed by atoms with Gasteiger partial charge in [0, 0.05) is 17.9 Å². The first kappa shape index (κ1) is 19.1. The molecule has 3 rings (SSSR count). The Morgan fingerprint density at radius 3 is 2.77 bits per heavy atom. The fourth-order valence-corrected chi connectivity index (χ4v) is 4.37. The molecule has 1 aliphatic rings. The Balaban J connectivity index is 1.53. The van der Waals surface area contributed by atoms with E-state index >= 15 is 0 Å². The largest absolute Gasteiger partial charge is 0.299 e. The second kappa shape index (κ2) is 9.30. The zero-order valence-electron chi connectivity index (χ0n) is 15.0. The van der Waals surface area contributed by atoms with Crippen LogP contribution in [0.1, 0.15) is 35.7 Å². The summed E-state index contributed by atoms with van der Waals surface area (Å²) in [6.45, 7) is 9.28. The summed E-state index contributed by atoms with van der Waals surface area (Å²) in [6, 6.07) is 7.84. The van der Waals surface area contributed by atoms with E-state index in [2.05, 4.69) is 33.9 Å². The highest BCUT2D eigenvalue weighted by atomic mass is 32.2. The molecule has 0 saturated carbocycles. The van der Waals surface area contributed by atoms with Crippen LogP contribution in [0.15, 0.2) is 41.3 Å². The Morgan fingerprint density at radius 2 is 2.08 bits per heavy atom. The molecule has 0 radical (unpaired) electrons.